The van der Waals surface area contributed by atoms with Gasteiger partial charge in [-0.3, -0.25) is 0 Å². The maximum absolute atomic E-state index is 4.78. The Bertz CT molecular complexity index is 104. The Hall–Kier alpha value is -0.880. The SMILES string of the molecule is C#C[CH]C#C[CH2]. The minimum absolute atomic E-state index is 1.41. The van der Waals surface area contributed by atoms with Crippen molar-refractivity contribution < 1.29 is 0 Å². The molecule has 0 saturated carbocycles. The van der Waals surface area contributed by atoms with Gasteiger partial charge >= 0.3 is 0 Å². The molecule has 0 atom stereocenters. The van der Waals surface area contributed by atoms with Crippen LogP contribution in [0, 0.1) is 37.5 Å². The van der Waals surface area contributed by atoms with Gasteiger partial charge in [0.1, 0.15) is 6.42 Å². The van der Waals surface area contributed by atoms with Crippen LogP contribution < -0.4 is 0 Å². The number of hydrogen-bond acceptors (Lipinski definition) is 0. The van der Waals surface area contributed by atoms with E-state index in [2.05, 4.69) is 24.7 Å². The Morgan fingerprint density at radius 3 is 2.50 bits per heavy atom. The minimum atomic E-state index is 1.41. The molecule has 0 aromatic heterocycles. The molecule has 0 bridgehead atoms. The highest BCUT2D eigenvalue weighted by molar-refractivity contribution is 5.23. The molecule has 6 heavy (non-hydrogen) atoms. The van der Waals surface area contributed by atoms with Crippen LogP contribution in [0.15, 0.2) is 0 Å². The van der Waals surface area contributed by atoms with Crippen LogP contribution in [0.1, 0.15) is 0 Å². The number of rotatable bonds is 0. The number of hydrogen-bond donors (Lipinski definition) is 0. The second-order valence-electron chi connectivity index (χ2n) is 0.632. The van der Waals surface area contributed by atoms with Crippen LogP contribution in [-0.2, 0) is 0 Å². The third-order valence-corrected chi connectivity index (χ3v) is 0.258. The molecule has 28 valence electrons. The van der Waals surface area contributed by atoms with E-state index in [0.29, 0.717) is 0 Å². The van der Waals surface area contributed by atoms with Crippen molar-refractivity contribution in [3.63, 3.8) is 0 Å². The molecule has 0 nitrogen and oxygen atoms in total. The largest absolute Gasteiger partial charge is 0.119 e. The van der Waals surface area contributed by atoms with Crippen LogP contribution >= 0.6 is 0 Å². The van der Waals surface area contributed by atoms with Gasteiger partial charge in [0.2, 0.25) is 0 Å². The van der Waals surface area contributed by atoms with E-state index >= 15 is 0 Å². The molecule has 0 aliphatic heterocycles. The lowest BCUT2D eigenvalue weighted by Crippen LogP contribution is -1.53. The Balaban J connectivity index is 3.07. The van der Waals surface area contributed by atoms with Gasteiger partial charge in [0.25, 0.3) is 0 Å². The summed E-state index contributed by atoms with van der Waals surface area (Å²) in [6.07, 6.45) is 6.19. The normalized spacial score (nSPS) is 4.67. The average molecular weight is 76.1 g/mol. The predicted molar refractivity (Wildman–Crippen MR) is 26.3 cm³/mol. The highest BCUT2D eigenvalue weighted by atomic mass is 13.6. The van der Waals surface area contributed by atoms with Crippen molar-refractivity contribution in [1.29, 1.82) is 0 Å². The van der Waals surface area contributed by atoms with E-state index in [4.69, 9.17) is 6.42 Å². The molecular formula is C6H4. The molecule has 0 heterocycles. The molecule has 0 aliphatic rings. The lowest BCUT2D eigenvalue weighted by atomic mass is 10.4. The van der Waals surface area contributed by atoms with Crippen LogP contribution in [-0.4, -0.2) is 0 Å². The standard InChI is InChI=1S/C6H4/c1-3-5-6-4-2/h1,5H,2H2. The first-order valence-electron chi connectivity index (χ1n) is 1.47. The van der Waals surface area contributed by atoms with Crippen molar-refractivity contribution in [1.82, 2.24) is 0 Å². The summed E-state index contributed by atoms with van der Waals surface area (Å²) in [5, 5.41) is 0. The molecule has 0 fully saturated rings. The summed E-state index contributed by atoms with van der Waals surface area (Å²) >= 11 is 0. The topological polar surface area (TPSA) is 0 Å². The van der Waals surface area contributed by atoms with E-state index in [1.807, 2.05) is 0 Å². The van der Waals surface area contributed by atoms with E-state index < -0.39 is 0 Å². The van der Waals surface area contributed by atoms with Gasteiger partial charge in [0, 0.05) is 6.92 Å². The fourth-order valence-corrected chi connectivity index (χ4v) is 0.0927. The predicted octanol–water partition coefficient (Wildman–Crippen LogP) is 0.661. The second-order valence-corrected chi connectivity index (χ2v) is 0.632. The Morgan fingerprint density at radius 1 is 1.67 bits per heavy atom. The van der Waals surface area contributed by atoms with Gasteiger partial charge in [0.15, 0.2) is 0 Å². The fourth-order valence-electron chi connectivity index (χ4n) is 0.0927. The molecule has 2 radical (unpaired) electrons. The van der Waals surface area contributed by atoms with Crippen LogP contribution in [0.5, 0.6) is 0 Å². The molecule has 0 saturated heterocycles. The van der Waals surface area contributed by atoms with Gasteiger partial charge in [-0.15, -0.1) is 12.3 Å². The van der Waals surface area contributed by atoms with E-state index in [1.54, 1.807) is 0 Å². The third kappa shape index (κ3) is 3.12. The monoisotopic (exact) mass is 76.0 g/mol. The zero-order valence-corrected chi connectivity index (χ0v) is 3.36. The smallest absolute Gasteiger partial charge is 0.106 e. The summed E-state index contributed by atoms with van der Waals surface area (Å²) in [4.78, 5) is 0. The van der Waals surface area contributed by atoms with Crippen molar-refractivity contribution in [2.24, 2.45) is 0 Å². The number of terminal acetylenes is 1. The Labute approximate surface area is 38.6 Å². The quantitative estimate of drug-likeness (QED) is 0.372. The Morgan fingerprint density at radius 2 is 2.33 bits per heavy atom. The zero-order chi connectivity index (χ0) is 4.83. The van der Waals surface area contributed by atoms with Gasteiger partial charge < -0.3 is 0 Å². The molecule has 0 N–H and O–H groups in total. The van der Waals surface area contributed by atoms with Gasteiger partial charge in [-0.2, -0.15) is 0 Å². The van der Waals surface area contributed by atoms with Crippen molar-refractivity contribution in [3.05, 3.63) is 13.3 Å². The summed E-state index contributed by atoms with van der Waals surface area (Å²) in [5.41, 5.74) is 0. The molecule has 0 unspecified atom stereocenters. The van der Waals surface area contributed by atoms with E-state index in [1.165, 1.54) is 6.42 Å². The van der Waals surface area contributed by atoms with Gasteiger partial charge in [-0.25, -0.2) is 0 Å². The lowest BCUT2D eigenvalue weighted by molar-refractivity contribution is 2.01. The summed E-state index contributed by atoms with van der Waals surface area (Å²) in [6, 6.07) is 0. The molecule has 0 rings (SSSR count). The van der Waals surface area contributed by atoms with E-state index in [-0.39, 0.29) is 0 Å². The Kier molecular flexibility index (Phi) is 3.52. The first-order valence-corrected chi connectivity index (χ1v) is 1.47. The van der Waals surface area contributed by atoms with Crippen LogP contribution in [0.4, 0.5) is 0 Å². The highest BCUT2D eigenvalue weighted by Gasteiger charge is 1.56. The van der Waals surface area contributed by atoms with Crippen LogP contribution in [0.2, 0.25) is 0 Å². The van der Waals surface area contributed by atoms with Crippen molar-refractivity contribution >= 4 is 0 Å². The summed E-state index contributed by atoms with van der Waals surface area (Å²) in [5.74, 6) is 7.08. The first kappa shape index (κ1) is 5.12. The molecule has 0 spiro atoms. The molecule has 0 aliphatic carbocycles. The summed E-state index contributed by atoms with van der Waals surface area (Å²) in [6.45, 7) is 3.24. The summed E-state index contributed by atoms with van der Waals surface area (Å²) < 4.78 is 0. The fraction of sp³-hybridized carbons (Fsp3) is 0. The average Bonchev–Trinajstić information content (AvgIpc) is 1.61. The molecule has 0 heteroatoms. The molecule has 0 aromatic carbocycles. The van der Waals surface area contributed by atoms with Gasteiger partial charge in [-0.1, -0.05) is 11.8 Å². The molecule has 0 amide bonds. The first-order chi connectivity index (χ1) is 2.91. The van der Waals surface area contributed by atoms with Crippen LogP contribution in [0.25, 0.3) is 0 Å². The second kappa shape index (κ2) is 4.12. The molecule has 0 aromatic rings. The zero-order valence-electron chi connectivity index (χ0n) is 3.36. The van der Waals surface area contributed by atoms with Crippen molar-refractivity contribution in [2.75, 3.05) is 0 Å². The maximum atomic E-state index is 4.78. The van der Waals surface area contributed by atoms with Crippen molar-refractivity contribution in [3.8, 4) is 24.2 Å². The summed E-state index contributed by atoms with van der Waals surface area (Å²) in [7, 11) is 0. The minimum Gasteiger partial charge on any atom is -0.119 e. The lowest BCUT2D eigenvalue weighted by Gasteiger charge is -1.58. The van der Waals surface area contributed by atoms with Gasteiger partial charge in [-0.05, 0) is 0 Å². The van der Waals surface area contributed by atoms with E-state index in [9.17, 15) is 0 Å². The van der Waals surface area contributed by atoms with E-state index in [0.717, 1.165) is 0 Å². The molecular weight excluding hydrogens is 72.1 g/mol. The third-order valence-electron chi connectivity index (χ3n) is 0.258. The van der Waals surface area contributed by atoms with Crippen LogP contribution in [0.3, 0.4) is 0 Å². The van der Waals surface area contributed by atoms with Crippen molar-refractivity contribution in [2.45, 2.75) is 0 Å². The van der Waals surface area contributed by atoms with Gasteiger partial charge in [0.05, 0.1) is 0 Å². The highest BCUT2D eigenvalue weighted by Crippen LogP contribution is 1.60. The maximum Gasteiger partial charge on any atom is 0.106 e.